The summed E-state index contributed by atoms with van der Waals surface area (Å²) in [6, 6.07) is 0.415. The minimum atomic E-state index is -1.06. The van der Waals surface area contributed by atoms with Crippen molar-refractivity contribution in [2.24, 2.45) is 21.5 Å². The van der Waals surface area contributed by atoms with Crippen molar-refractivity contribution < 1.29 is 18.7 Å². The van der Waals surface area contributed by atoms with E-state index < -0.39 is 29.1 Å². The summed E-state index contributed by atoms with van der Waals surface area (Å²) in [6.07, 6.45) is 4.85. The average Bonchev–Trinajstić information content (AvgIpc) is 2.67. The van der Waals surface area contributed by atoms with E-state index in [1.807, 2.05) is 0 Å². The van der Waals surface area contributed by atoms with E-state index in [1.54, 1.807) is 20.8 Å². The monoisotopic (exact) mass is 448 g/mol. The number of pyridine rings is 1. The minimum absolute atomic E-state index is 0.143. The highest BCUT2D eigenvalue weighted by molar-refractivity contribution is 6.67. The number of carbonyl (C=O) groups excluding carboxylic acids is 2. The lowest BCUT2D eigenvalue weighted by Gasteiger charge is -2.30. The van der Waals surface area contributed by atoms with Crippen LogP contribution in [0.4, 0.5) is 14.9 Å². The number of carbonyl (C=O) groups is 2. The molecule has 0 unspecified atom stereocenters. The molecule has 0 aromatic carbocycles. The Hall–Kier alpha value is -3.57. The molecule has 1 aliphatic carbocycles. The van der Waals surface area contributed by atoms with Gasteiger partial charge in [0.1, 0.15) is 11.4 Å². The van der Waals surface area contributed by atoms with Crippen molar-refractivity contribution >= 4 is 35.2 Å². The molecule has 2 rings (SSSR count). The van der Waals surface area contributed by atoms with Crippen LogP contribution in [0.2, 0.25) is 0 Å². The summed E-state index contributed by atoms with van der Waals surface area (Å²) < 4.78 is 18.7. The molecule has 1 saturated carbocycles. The number of rotatable bonds is 5. The van der Waals surface area contributed by atoms with E-state index in [-0.39, 0.29) is 29.6 Å². The molecule has 0 radical (unpaired) electrons. The highest BCUT2D eigenvalue weighted by Gasteiger charge is 2.28. The van der Waals surface area contributed by atoms with Gasteiger partial charge in [0.05, 0.1) is 30.2 Å². The zero-order valence-electron chi connectivity index (χ0n) is 18.3. The molecule has 0 saturated heterocycles. The molecular formula is C20H29FN8O3. The highest BCUT2D eigenvalue weighted by Crippen LogP contribution is 2.22. The molecule has 2 amide bonds. The molecule has 1 aromatic rings. The molecule has 1 aromatic heterocycles. The van der Waals surface area contributed by atoms with Gasteiger partial charge in [-0.15, -0.1) is 0 Å². The summed E-state index contributed by atoms with van der Waals surface area (Å²) in [5, 5.41) is 13.3. The predicted molar refractivity (Wildman–Crippen MR) is 119 cm³/mol. The van der Waals surface area contributed by atoms with E-state index in [0.29, 0.717) is 12.8 Å². The van der Waals surface area contributed by atoms with Gasteiger partial charge in [0.25, 0.3) is 5.91 Å². The van der Waals surface area contributed by atoms with Crippen molar-refractivity contribution in [2.45, 2.75) is 64.1 Å². The van der Waals surface area contributed by atoms with Gasteiger partial charge in [0, 0.05) is 6.07 Å². The molecule has 32 heavy (non-hydrogen) atoms. The average molecular weight is 449 g/mol. The molecular weight excluding hydrogens is 419 g/mol. The Labute approximate surface area is 185 Å². The van der Waals surface area contributed by atoms with Gasteiger partial charge in [-0.05, 0) is 33.6 Å². The second-order valence-electron chi connectivity index (χ2n) is 8.31. The smallest absolute Gasteiger partial charge is 0.407 e. The van der Waals surface area contributed by atoms with Gasteiger partial charge < -0.3 is 26.8 Å². The Balaban J connectivity index is 2.23. The standard InChI is InChI=1S/C20H29FN8O3/c1-20(2,3)32-19(31)28-14-7-5-4-6-13(14)27-18(24)29-17(15(22)16(23)30)26-12-8-11(21)9-25-10-12/h8-10,13-14,22H,4-7H2,1-3H3,(H2,23,30)(H,28,31)(H3,24,26,27,29)/t13-,14+/m1/s1. The van der Waals surface area contributed by atoms with Crippen LogP contribution in [0.5, 0.6) is 0 Å². The normalized spacial score (nSPS) is 19.8. The maximum Gasteiger partial charge on any atom is 0.407 e. The largest absolute Gasteiger partial charge is 0.444 e. The molecule has 0 bridgehead atoms. The number of nitrogens with zero attached hydrogens (tertiary/aromatic N) is 3. The van der Waals surface area contributed by atoms with E-state index in [9.17, 15) is 14.0 Å². The number of nitrogens with two attached hydrogens (primary N) is 2. The summed E-state index contributed by atoms with van der Waals surface area (Å²) in [7, 11) is 0. The molecule has 174 valence electrons. The summed E-state index contributed by atoms with van der Waals surface area (Å²) in [6.45, 7) is 5.31. The molecule has 2 atom stereocenters. The number of anilines is 1. The lowest BCUT2D eigenvalue weighted by molar-refractivity contribution is -0.111. The zero-order valence-corrected chi connectivity index (χ0v) is 18.3. The number of amidine groups is 1. The van der Waals surface area contributed by atoms with Crippen molar-refractivity contribution in [1.29, 1.82) is 5.41 Å². The van der Waals surface area contributed by atoms with Crippen LogP contribution in [0.25, 0.3) is 0 Å². The number of aromatic nitrogens is 1. The first-order valence-electron chi connectivity index (χ1n) is 10.1. The maximum atomic E-state index is 13.4. The third kappa shape index (κ3) is 7.93. The van der Waals surface area contributed by atoms with Gasteiger partial charge in [-0.2, -0.15) is 4.99 Å². The van der Waals surface area contributed by atoms with Gasteiger partial charge in [-0.3, -0.25) is 15.2 Å². The van der Waals surface area contributed by atoms with Crippen LogP contribution in [0.1, 0.15) is 46.5 Å². The number of guanidine groups is 1. The Bertz CT molecular complexity index is 926. The van der Waals surface area contributed by atoms with Crippen LogP contribution >= 0.6 is 0 Å². The Morgan fingerprint density at radius 3 is 2.56 bits per heavy atom. The van der Waals surface area contributed by atoms with Crippen LogP contribution in [-0.4, -0.2) is 52.2 Å². The molecule has 11 nitrogen and oxygen atoms in total. The second-order valence-corrected chi connectivity index (χ2v) is 8.31. The highest BCUT2D eigenvalue weighted by atomic mass is 19.1. The SMILES string of the molecule is CC(C)(C)OC(=O)N[C@H]1CCCC[C@H]1N=C(N)N=C(Nc1cncc(F)c1)C(=N)C(N)=O. The summed E-state index contributed by atoms with van der Waals surface area (Å²) in [4.78, 5) is 35.7. The molecule has 1 heterocycles. The predicted octanol–water partition coefficient (Wildman–Crippen LogP) is 1.69. The number of hydrogen-bond acceptors (Lipinski definition) is 6. The molecule has 1 aliphatic rings. The lowest BCUT2D eigenvalue weighted by Crippen LogP contribution is -2.46. The van der Waals surface area contributed by atoms with Gasteiger partial charge in [0.15, 0.2) is 11.5 Å². The van der Waals surface area contributed by atoms with Gasteiger partial charge >= 0.3 is 6.09 Å². The molecule has 12 heteroatoms. The van der Waals surface area contributed by atoms with Crippen LogP contribution in [0, 0.1) is 11.2 Å². The quantitative estimate of drug-likeness (QED) is 0.337. The Morgan fingerprint density at radius 2 is 1.94 bits per heavy atom. The number of primary amides is 1. The Morgan fingerprint density at radius 1 is 1.25 bits per heavy atom. The minimum Gasteiger partial charge on any atom is -0.444 e. The first-order chi connectivity index (χ1) is 14.9. The lowest BCUT2D eigenvalue weighted by atomic mass is 9.91. The van der Waals surface area contributed by atoms with Gasteiger partial charge in [-0.25, -0.2) is 14.2 Å². The number of nitrogens with one attached hydrogen (secondary N) is 3. The summed E-state index contributed by atoms with van der Waals surface area (Å²) >= 11 is 0. The first kappa shape index (κ1) is 24.7. The third-order valence-corrected chi connectivity index (χ3v) is 4.41. The number of alkyl carbamates (subject to hydrolysis) is 1. The first-order valence-corrected chi connectivity index (χ1v) is 10.1. The molecule has 1 fully saturated rings. The van der Waals surface area contributed by atoms with E-state index >= 15 is 0 Å². The Kier molecular flexibility index (Phi) is 8.21. The van der Waals surface area contributed by atoms with E-state index in [2.05, 4.69) is 25.6 Å². The summed E-state index contributed by atoms with van der Waals surface area (Å²) in [5.41, 5.74) is 9.99. The topological polar surface area (TPSA) is 181 Å². The van der Waals surface area contributed by atoms with Gasteiger partial charge in [-0.1, -0.05) is 12.8 Å². The fourth-order valence-electron chi connectivity index (χ4n) is 3.09. The van der Waals surface area contributed by atoms with Crippen molar-refractivity contribution in [3.8, 4) is 0 Å². The van der Waals surface area contributed by atoms with Crippen molar-refractivity contribution in [3.05, 3.63) is 24.3 Å². The zero-order chi connectivity index (χ0) is 23.9. The number of aliphatic imine (C=N–C) groups is 2. The van der Waals surface area contributed by atoms with Crippen LogP contribution < -0.4 is 22.1 Å². The van der Waals surface area contributed by atoms with Gasteiger partial charge in [0.2, 0.25) is 5.96 Å². The number of ether oxygens (including phenoxy) is 1. The second kappa shape index (κ2) is 10.6. The number of halogens is 1. The number of amides is 2. The molecule has 0 spiro atoms. The van der Waals surface area contributed by atoms with Crippen LogP contribution in [0.3, 0.4) is 0 Å². The third-order valence-electron chi connectivity index (χ3n) is 4.41. The van der Waals surface area contributed by atoms with Crippen molar-refractivity contribution in [1.82, 2.24) is 10.3 Å². The van der Waals surface area contributed by atoms with Crippen LogP contribution in [0.15, 0.2) is 28.4 Å². The number of hydrogen-bond donors (Lipinski definition) is 5. The fraction of sp³-hybridized carbons (Fsp3) is 0.500. The molecule has 7 N–H and O–H groups in total. The van der Waals surface area contributed by atoms with Crippen molar-refractivity contribution in [3.63, 3.8) is 0 Å². The van der Waals surface area contributed by atoms with Crippen LogP contribution in [-0.2, 0) is 9.53 Å². The molecule has 0 aliphatic heterocycles. The summed E-state index contributed by atoms with van der Waals surface area (Å²) in [5.74, 6) is -2.22. The van der Waals surface area contributed by atoms with E-state index in [1.165, 1.54) is 6.20 Å². The van der Waals surface area contributed by atoms with Crippen molar-refractivity contribution in [2.75, 3.05) is 5.32 Å². The maximum absolute atomic E-state index is 13.4. The van der Waals surface area contributed by atoms with E-state index in [0.717, 1.165) is 25.1 Å². The fourth-order valence-corrected chi connectivity index (χ4v) is 3.09. The van der Waals surface area contributed by atoms with E-state index in [4.69, 9.17) is 21.6 Å².